The van der Waals surface area contributed by atoms with Crippen molar-refractivity contribution in [3.05, 3.63) is 71.8 Å². The molecule has 0 amide bonds. The van der Waals surface area contributed by atoms with E-state index >= 15 is 0 Å². The Morgan fingerprint density at radius 3 is 2.64 bits per heavy atom. The van der Waals surface area contributed by atoms with Crippen LogP contribution in [0.5, 0.6) is 0 Å². The van der Waals surface area contributed by atoms with Crippen molar-refractivity contribution in [3.8, 4) is 0 Å². The first-order valence-corrected chi connectivity index (χ1v) is 5.00. The molecular weight excluding hydrogens is 168 g/mol. The molecule has 1 aliphatic rings. The van der Waals surface area contributed by atoms with Crippen molar-refractivity contribution in [1.82, 2.24) is 0 Å². The Labute approximate surface area is 85.3 Å². The Hall–Kier alpha value is -1.56. The van der Waals surface area contributed by atoms with Crippen LogP contribution in [-0.4, -0.2) is 0 Å². The molecule has 1 aromatic carbocycles. The van der Waals surface area contributed by atoms with Gasteiger partial charge in [-0.1, -0.05) is 66.3 Å². The number of benzene rings is 1. The smallest absolute Gasteiger partial charge is 0.00609 e. The van der Waals surface area contributed by atoms with Gasteiger partial charge in [0.1, 0.15) is 0 Å². The Morgan fingerprint density at radius 1 is 0.929 bits per heavy atom. The van der Waals surface area contributed by atoms with E-state index in [0.29, 0.717) is 0 Å². The zero-order chi connectivity index (χ0) is 9.64. The highest BCUT2D eigenvalue weighted by atomic mass is 14.0. The fourth-order valence-electron chi connectivity index (χ4n) is 1.61. The molecule has 0 saturated carbocycles. The van der Waals surface area contributed by atoms with Crippen molar-refractivity contribution in [2.24, 2.45) is 0 Å². The fourth-order valence-corrected chi connectivity index (χ4v) is 1.61. The zero-order valence-corrected chi connectivity index (χ0v) is 8.19. The van der Waals surface area contributed by atoms with Crippen LogP contribution >= 0.6 is 0 Å². The van der Waals surface area contributed by atoms with E-state index in [1.807, 2.05) is 0 Å². The highest BCUT2D eigenvalue weighted by molar-refractivity contribution is 5.28. The first-order valence-electron chi connectivity index (χ1n) is 5.00. The molecular formula is C14H14. The molecule has 1 aliphatic carbocycles. The van der Waals surface area contributed by atoms with Gasteiger partial charge < -0.3 is 0 Å². The third-order valence-electron chi connectivity index (χ3n) is 2.34. The van der Waals surface area contributed by atoms with Crippen molar-refractivity contribution >= 4 is 0 Å². The first kappa shape index (κ1) is 9.01. The second kappa shape index (κ2) is 4.61. The molecule has 0 fully saturated rings. The van der Waals surface area contributed by atoms with Gasteiger partial charge in [0.25, 0.3) is 0 Å². The summed E-state index contributed by atoms with van der Waals surface area (Å²) in [6.07, 6.45) is 12.9. The lowest BCUT2D eigenvalue weighted by Crippen LogP contribution is -1.88. The van der Waals surface area contributed by atoms with Gasteiger partial charge in [-0.25, -0.2) is 0 Å². The Morgan fingerprint density at radius 2 is 1.79 bits per heavy atom. The van der Waals surface area contributed by atoms with Gasteiger partial charge in [0, 0.05) is 0 Å². The summed E-state index contributed by atoms with van der Waals surface area (Å²) in [5.41, 5.74) is 2.86. The van der Waals surface area contributed by atoms with Crippen molar-refractivity contribution in [1.29, 1.82) is 0 Å². The summed E-state index contributed by atoms with van der Waals surface area (Å²) in [5.74, 6) is 0. The van der Waals surface area contributed by atoms with Crippen molar-refractivity contribution in [2.75, 3.05) is 0 Å². The molecule has 0 unspecified atom stereocenters. The Balaban J connectivity index is 2.08. The van der Waals surface area contributed by atoms with Crippen LogP contribution in [0.2, 0.25) is 0 Å². The number of rotatable bonds is 2. The predicted octanol–water partition coefficient (Wildman–Crippen LogP) is 3.67. The summed E-state index contributed by atoms with van der Waals surface area (Å²) >= 11 is 0. The molecule has 70 valence electrons. The summed E-state index contributed by atoms with van der Waals surface area (Å²) in [6, 6.07) is 10.6. The molecule has 0 saturated heterocycles. The van der Waals surface area contributed by atoms with Crippen LogP contribution in [0.1, 0.15) is 12.0 Å². The van der Waals surface area contributed by atoms with Gasteiger partial charge in [0.05, 0.1) is 0 Å². The van der Waals surface area contributed by atoms with E-state index in [1.165, 1.54) is 11.1 Å². The molecule has 0 N–H and O–H groups in total. The summed E-state index contributed by atoms with van der Waals surface area (Å²) in [5, 5.41) is 0. The van der Waals surface area contributed by atoms with E-state index in [4.69, 9.17) is 0 Å². The van der Waals surface area contributed by atoms with Crippen LogP contribution in [-0.2, 0) is 6.42 Å². The molecule has 0 heteroatoms. The predicted molar refractivity (Wildman–Crippen MR) is 61.1 cm³/mol. The van der Waals surface area contributed by atoms with E-state index in [1.54, 1.807) is 0 Å². The van der Waals surface area contributed by atoms with Crippen LogP contribution in [0.4, 0.5) is 0 Å². The fraction of sp³-hybridized carbons (Fsp3) is 0.143. The highest BCUT2D eigenvalue weighted by Crippen LogP contribution is 2.13. The topological polar surface area (TPSA) is 0 Å². The molecule has 0 heterocycles. The molecule has 0 aromatic heterocycles. The van der Waals surface area contributed by atoms with Gasteiger partial charge >= 0.3 is 0 Å². The third-order valence-corrected chi connectivity index (χ3v) is 2.34. The number of hydrogen-bond donors (Lipinski definition) is 0. The molecule has 0 radical (unpaired) electrons. The van der Waals surface area contributed by atoms with Gasteiger partial charge in [0.2, 0.25) is 0 Å². The van der Waals surface area contributed by atoms with Crippen LogP contribution in [0.3, 0.4) is 0 Å². The standard InChI is InChI=1S/C14H14/c1-2-5-9-13(8-4-1)12-14-10-6-3-7-11-14/h1-8,10-11H,9,12H2. The van der Waals surface area contributed by atoms with E-state index in [9.17, 15) is 0 Å². The Kier molecular flexibility index (Phi) is 2.97. The minimum absolute atomic E-state index is 1.06. The van der Waals surface area contributed by atoms with Crippen LogP contribution in [0.25, 0.3) is 0 Å². The lowest BCUT2D eigenvalue weighted by Gasteiger charge is -2.03. The van der Waals surface area contributed by atoms with Crippen molar-refractivity contribution in [2.45, 2.75) is 12.8 Å². The number of hydrogen-bond acceptors (Lipinski definition) is 0. The Bertz CT molecular complexity index is 366. The highest BCUT2D eigenvalue weighted by Gasteiger charge is 1.97. The molecule has 2 rings (SSSR count). The molecule has 1 aromatic rings. The molecule has 0 aliphatic heterocycles. The lowest BCUT2D eigenvalue weighted by molar-refractivity contribution is 1.07. The monoisotopic (exact) mass is 182 g/mol. The molecule has 0 spiro atoms. The van der Waals surface area contributed by atoms with Gasteiger partial charge in [-0.15, -0.1) is 0 Å². The normalized spacial score (nSPS) is 15.0. The van der Waals surface area contributed by atoms with Gasteiger partial charge in [-0.05, 0) is 18.4 Å². The largest absolute Gasteiger partial charge is 0.0804 e. The maximum absolute atomic E-state index is 2.22. The van der Waals surface area contributed by atoms with Gasteiger partial charge in [-0.3, -0.25) is 0 Å². The molecule has 0 bridgehead atoms. The zero-order valence-electron chi connectivity index (χ0n) is 8.19. The quantitative estimate of drug-likeness (QED) is 0.654. The van der Waals surface area contributed by atoms with E-state index in [2.05, 4.69) is 60.7 Å². The average molecular weight is 182 g/mol. The summed E-state index contributed by atoms with van der Waals surface area (Å²) in [6.45, 7) is 0. The molecule has 0 nitrogen and oxygen atoms in total. The number of allylic oxidation sites excluding steroid dienone is 6. The summed E-state index contributed by atoms with van der Waals surface area (Å²) in [7, 11) is 0. The lowest BCUT2D eigenvalue weighted by atomic mass is 10.0. The SMILES string of the molecule is C1=CC=C(Cc2ccccc2)CC=C1. The summed E-state index contributed by atoms with van der Waals surface area (Å²) in [4.78, 5) is 0. The van der Waals surface area contributed by atoms with Crippen LogP contribution in [0, 0.1) is 0 Å². The molecule has 0 atom stereocenters. The second-order valence-corrected chi connectivity index (χ2v) is 3.50. The minimum atomic E-state index is 1.06. The summed E-state index contributed by atoms with van der Waals surface area (Å²) < 4.78 is 0. The van der Waals surface area contributed by atoms with Gasteiger partial charge in [0.15, 0.2) is 0 Å². The van der Waals surface area contributed by atoms with Gasteiger partial charge in [-0.2, -0.15) is 0 Å². The minimum Gasteiger partial charge on any atom is -0.0804 e. The third kappa shape index (κ3) is 2.46. The maximum Gasteiger partial charge on any atom is -0.00609 e. The van der Waals surface area contributed by atoms with E-state index in [0.717, 1.165) is 12.8 Å². The van der Waals surface area contributed by atoms with Crippen molar-refractivity contribution in [3.63, 3.8) is 0 Å². The maximum atomic E-state index is 2.22. The molecule has 14 heavy (non-hydrogen) atoms. The van der Waals surface area contributed by atoms with E-state index in [-0.39, 0.29) is 0 Å². The second-order valence-electron chi connectivity index (χ2n) is 3.50. The van der Waals surface area contributed by atoms with E-state index < -0.39 is 0 Å². The van der Waals surface area contributed by atoms with Crippen LogP contribution < -0.4 is 0 Å². The van der Waals surface area contributed by atoms with Crippen molar-refractivity contribution < 1.29 is 0 Å². The average Bonchev–Trinajstić information content (AvgIpc) is 2.48. The first-order chi connectivity index (χ1) is 6.95. The van der Waals surface area contributed by atoms with Crippen LogP contribution in [0.15, 0.2) is 66.3 Å².